The summed E-state index contributed by atoms with van der Waals surface area (Å²) >= 11 is 0. The molecule has 0 amide bonds. The van der Waals surface area contributed by atoms with Gasteiger partial charge in [-0.05, 0) is 46.2 Å². The quantitative estimate of drug-likeness (QED) is 0.0284. The zero-order valence-corrected chi connectivity index (χ0v) is 34.5. The Morgan fingerprint density at radius 3 is 1.51 bits per heavy atom. The number of allylic oxidation sites excluding steroid dienone is 2. The van der Waals surface area contributed by atoms with E-state index >= 15 is 0 Å². The van der Waals surface area contributed by atoms with Crippen molar-refractivity contribution in [3.63, 3.8) is 0 Å². The SMILES string of the molecule is CCCC/C=C\CCCCCCCC(=O)OCC(COP(=O)(O)OCCN(C)C)OC(=O)CCCCCCCCCCCCCCCCCCC. The van der Waals surface area contributed by atoms with Crippen LogP contribution in [0.4, 0.5) is 0 Å². The van der Waals surface area contributed by atoms with Crippen molar-refractivity contribution in [1.82, 2.24) is 4.90 Å². The van der Waals surface area contributed by atoms with Gasteiger partial charge in [0.2, 0.25) is 0 Å². The van der Waals surface area contributed by atoms with Gasteiger partial charge < -0.3 is 19.3 Å². The molecule has 0 saturated carbocycles. The lowest BCUT2D eigenvalue weighted by Crippen LogP contribution is -2.29. The summed E-state index contributed by atoms with van der Waals surface area (Å²) in [6.45, 7) is 4.29. The Bertz CT molecular complexity index is 869. The molecule has 0 fully saturated rings. The Balaban J connectivity index is 4.26. The minimum Gasteiger partial charge on any atom is -0.462 e. The molecule has 2 unspecified atom stereocenters. The minimum absolute atomic E-state index is 0.00911. The molecule has 10 heteroatoms. The second-order valence-electron chi connectivity index (χ2n) is 14.5. The number of phosphoric acid groups is 1. The third-order valence-electron chi connectivity index (χ3n) is 9.07. The van der Waals surface area contributed by atoms with Crippen LogP contribution in [0, 0.1) is 0 Å². The van der Waals surface area contributed by atoms with Gasteiger partial charge in [-0.15, -0.1) is 0 Å². The Labute approximate surface area is 314 Å². The Morgan fingerprint density at radius 1 is 0.588 bits per heavy atom. The smallest absolute Gasteiger partial charge is 0.462 e. The fourth-order valence-electron chi connectivity index (χ4n) is 5.79. The lowest BCUT2D eigenvalue weighted by atomic mass is 10.0. The number of esters is 2. The zero-order valence-electron chi connectivity index (χ0n) is 33.6. The summed E-state index contributed by atoms with van der Waals surface area (Å²) in [4.78, 5) is 36.9. The molecule has 302 valence electrons. The lowest BCUT2D eigenvalue weighted by Gasteiger charge is -2.20. The van der Waals surface area contributed by atoms with Crippen molar-refractivity contribution in [3.8, 4) is 0 Å². The molecule has 0 spiro atoms. The lowest BCUT2D eigenvalue weighted by molar-refractivity contribution is -0.161. The van der Waals surface area contributed by atoms with Crippen LogP contribution in [0.5, 0.6) is 0 Å². The van der Waals surface area contributed by atoms with E-state index in [1.54, 1.807) is 0 Å². The van der Waals surface area contributed by atoms with E-state index in [0.29, 0.717) is 13.0 Å². The van der Waals surface area contributed by atoms with Crippen LogP contribution >= 0.6 is 7.82 Å². The van der Waals surface area contributed by atoms with Gasteiger partial charge in [-0.1, -0.05) is 161 Å². The Morgan fingerprint density at radius 2 is 1.02 bits per heavy atom. The van der Waals surface area contributed by atoms with Gasteiger partial charge in [0.1, 0.15) is 6.61 Å². The first-order valence-electron chi connectivity index (χ1n) is 21.0. The molecular weight excluding hydrogens is 665 g/mol. The van der Waals surface area contributed by atoms with Crippen LogP contribution in [0.2, 0.25) is 0 Å². The number of phosphoric ester groups is 1. The molecule has 0 saturated heterocycles. The fourth-order valence-corrected chi connectivity index (χ4v) is 6.53. The van der Waals surface area contributed by atoms with Crippen LogP contribution in [0.25, 0.3) is 0 Å². The van der Waals surface area contributed by atoms with Crippen molar-refractivity contribution in [2.24, 2.45) is 0 Å². The maximum Gasteiger partial charge on any atom is 0.472 e. The summed E-state index contributed by atoms with van der Waals surface area (Å²) < 4.78 is 33.4. The van der Waals surface area contributed by atoms with Crippen molar-refractivity contribution in [3.05, 3.63) is 12.2 Å². The van der Waals surface area contributed by atoms with Crippen LogP contribution in [0.3, 0.4) is 0 Å². The molecule has 0 aliphatic carbocycles. The third-order valence-corrected chi connectivity index (χ3v) is 10.1. The van der Waals surface area contributed by atoms with E-state index in [1.165, 1.54) is 103 Å². The van der Waals surface area contributed by atoms with Crippen molar-refractivity contribution in [1.29, 1.82) is 0 Å². The first kappa shape index (κ1) is 49.8. The van der Waals surface area contributed by atoms with Gasteiger partial charge in [0.15, 0.2) is 6.10 Å². The fraction of sp³-hybridized carbons (Fsp3) is 0.902. The summed E-state index contributed by atoms with van der Waals surface area (Å²) in [5, 5.41) is 0. The second kappa shape index (κ2) is 37.1. The molecule has 0 aromatic heterocycles. The molecule has 0 rings (SSSR count). The van der Waals surface area contributed by atoms with Gasteiger partial charge in [-0.2, -0.15) is 0 Å². The van der Waals surface area contributed by atoms with E-state index in [-0.39, 0.29) is 32.0 Å². The van der Waals surface area contributed by atoms with Crippen LogP contribution in [-0.2, 0) is 32.7 Å². The molecule has 0 heterocycles. The van der Waals surface area contributed by atoms with E-state index in [4.69, 9.17) is 18.5 Å². The topological polar surface area (TPSA) is 112 Å². The molecule has 0 bridgehead atoms. The number of ether oxygens (including phenoxy) is 2. The highest BCUT2D eigenvalue weighted by Crippen LogP contribution is 2.43. The zero-order chi connectivity index (χ0) is 37.7. The molecule has 9 nitrogen and oxygen atoms in total. The summed E-state index contributed by atoms with van der Waals surface area (Å²) in [5.41, 5.74) is 0. The molecule has 0 aromatic rings. The maximum absolute atomic E-state index is 12.6. The van der Waals surface area contributed by atoms with Crippen LogP contribution in [0.15, 0.2) is 12.2 Å². The average molecular weight is 746 g/mol. The van der Waals surface area contributed by atoms with Gasteiger partial charge in [0.05, 0.1) is 13.2 Å². The van der Waals surface area contributed by atoms with Gasteiger partial charge >= 0.3 is 19.8 Å². The van der Waals surface area contributed by atoms with E-state index < -0.39 is 26.5 Å². The normalized spacial score (nSPS) is 13.5. The van der Waals surface area contributed by atoms with E-state index in [2.05, 4.69) is 26.0 Å². The minimum atomic E-state index is -4.35. The number of hydrogen-bond acceptors (Lipinski definition) is 8. The number of unbranched alkanes of at least 4 members (excludes halogenated alkanes) is 23. The largest absolute Gasteiger partial charge is 0.472 e. The third kappa shape index (κ3) is 38.3. The molecule has 0 aliphatic rings. The molecule has 51 heavy (non-hydrogen) atoms. The number of carbonyl (C=O) groups excluding carboxylic acids is 2. The predicted octanol–water partition coefficient (Wildman–Crippen LogP) is 11.7. The number of hydrogen-bond donors (Lipinski definition) is 1. The number of rotatable bonds is 39. The van der Waals surface area contributed by atoms with Gasteiger partial charge in [0, 0.05) is 19.4 Å². The second-order valence-corrected chi connectivity index (χ2v) is 16.0. The molecule has 0 radical (unpaired) electrons. The van der Waals surface area contributed by atoms with E-state index in [9.17, 15) is 19.0 Å². The first-order chi connectivity index (χ1) is 24.7. The Hall–Kier alpha value is -1.25. The monoisotopic (exact) mass is 746 g/mol. The van der Waals surface area contributed by atoms with Crippen LogP contribution < -0.4 is 0 Å². The van der Waals surface area contributed by atoms with Gasteiger partial charge in [-0.3, -0.25) is 18.6 Å². The highest BCUT2D eigenvalue weighted by atomic mass is 31.2. The molecule has 0 aliphatic heterocycles. The first-order valence-corrected chi connectivity index (χ1v) is 22.5. The summed E-state index contributed by atoms with van der Waals surface area (Å²) in [6, 6.07) is 0. The number of likely N-dealkylation sites (N-methyl/N-ethyl adjacent to an activating group) is 1. The average Bonchev–Trinajstić information content (AvgIpc) is 3.09. The van der Waals surface area contributed by atoms with E-state index in [0.717, 1.165) is 57.8 Å². The summed E-state index contributed by atoms with van der Waals surface area (Å²) in [5.74, 6) is -0.806. The maximum atomic E-state index is 12.6. The van der Waals surface area contributed by atoms with Crippen LogP contribution in [-0.4, -0.2) is 68.3 Å². The molecular formula is C41H80NO8P. The standard InChI is InChI=1S/C41H80NO8P/c1-5-7-9-11-13-15-17-18-19-20-21-22-24-26-28-30-32-34-41(44)50-39(38-49-51(45,46)48-36-35-42(3)4)37-47-40(43)33-31-29-27-25-23-16-14-12-10-8-6-2/h12,14,39H,5-11,13,15-38H2,1-4H3,(H,45,46)/b14-12-. The Kier molecular flexibility index (Phi) is 36.2. The highest BCUT2D eigenvalue weighted by Gasteiger charge is 2.26. The summed E-state index contributed by atoms with van der Waals surface area (Å²) in [7, 11) is -0.705. The highest BCUT2D eigenvalue weighted by molar-refractivity contribution is 7.47. The van der Waals surface area contributed by atoms with Crippen molar-refractivity contribution in [2.75, 3.05) is 40.5 Å². The van der Waals surface area contributed by atoms with Crippen molar-refractivity contribution < 1.29 is 37.6 Å². The number of nitrogens with zero attached hydrogens (tertiary/aromatic N) is 1. The predicted molar refractivity (Wildman–Crippen MR) is 211 cm³/mol. The molecule has 0 aromatic carbocycles. The van der Waals surface area contributed by atoms with Crippen molar-refractivity contribution >= 4 is 19.8 Å². The van der Waals surface area contributed by atoms with E-state index in [1.807, 2.05) is 19.0 Å². The molecule has 2 atom stereocenters. The van der Waals surface area contributed by atoms with Crippen LogP contribution in [0.1, 0.15) is 194 Å². The number of carbonyl (C=O) groups is 2. The van der Waals surface area contributed by atoms with Gasteiger partial charge in [0.25, 0.3) is 0 Å². The van der Waals surface area contributed by atoms with Gasteiger partial charge in [-0.25, -0.2) is 4.57 Å². The molecule has 1 N–H and O–H groups in total. The summed E-state index contributed by atoms with van der Waals surface area (Å²) in [6.07, 6.45) is 35.4. The van der Waals surface area contributed by atoms with Crippen molar-refractivity contribution in [2.45, 2.75) is 200 Å².